The summed E-state index contributed by atoms with van der Waals surface area (Å²) in [4.78, 5) is 0.429. The van der Waals surface area contributed by atoms with E-state index in [0.29, 0.717) is 31.2 Å². The number of hydrogen-bond acceptors (Lipinski definition) is 6. The summed E-state index contributed by atoms with van der Waals surface area (Å²) in [5.41, 5.74) is 0. The summed E-state index contributed by atoms with van der Waals surface area (Å²) in [7, 11) is -7.50. The van der Waals surface area contributed by atoms with Gasteiger partial charge in [-0.15, -0.1) is 11.3 Å². The van der Waals surface area contributed by atoms with Gasteiger partial charge in [-0.1, -0.05) is 29.3 Å². The molecule has 1 aliphatic heterocycles. The maximum Gasteiger partial charge on any atom is 0.252 e. The largest absolute Gasteiger partial charge is 0.379 e. The van der Waals surface area contributed by atoms with Crippen molar-refractivity contribution in [3.05, 3.63) is 45.3 Å². The van der Waals surface area contributed by atoms with Crippen molar-refractivity contribution < 1.29 is 21.6 Å². The molecule has 3 rings (SSSR count). The summed E-state index contributed by atoms with van der Waals surface area (Å²) in [5, 5.41) is 0.0722. The lowest BCUT2D eigenvalue weighted by molar-refractivity contribution is 0.0731. The Morgan fingerprint density at radius 1 is 1.07 bits per heavy atom. The Balaban J connectivity index is 1.73. The molecule has 1 fully saturated rings. The number of morpholine rings is 1. The third-order valence-electron chi connectivity index (χ3n) is 3.84. The average molecular weight is 471 g/mol. The summed E-state index contributed by atoms with van der Waals surface area (Å²) in [6.45, 7) is 1.26. The SMILES string of the molecule is O=S(=O)(NCc1ccc(S(=O)(=O)N2CCOCC2)s1)c1cccc(Cl)c1Cl. The second-order valence-electron chi connectivity index (χ2n) is 5.61. The van der Waals surface area contributed by atoms with Crippen LogP contribution in [0.25, 0.3) is 0 Å². The van der Waals surface area contributed by atoms with Gasteiger partial charge in [-0.05, 0) is 24.3 Å². The van der Waals surface area contributed by atoms with Gasteiger partial charge in [-0.2, -0.15) is 4.31 Å². The molecule has 0 unspecified atom stereocenters. The minimum Gasteiger partial charge on any atom is -0.379 e. The van der Waals surface area contributed by atoms with Crippen LogP contribution in [0.3, 0.4) is 0 Å². The van der Waals surface area contributed by atoms with Crippen molar-refractivity contribution in [1.82, 2.24) is 9.03 Å². The highest BCUT2D eigenvalue weighted by Crippen LogP contribution is 2.29. The third-order valence-corrected chi connectivity index (χ3v) is 9.67. The Labute approximate surface area is 171 Å². The van der Waals surface area contributed by atoms with Gasteiger partial charge in [-0.3, -0.25) is 0 Å². The van der Waals surface area contributed by atoms with E-state index in [2.05, 4.69) is 4.72 Å². The van der Waals surface area contributed by atoms with Gasteiger partial charge in [0.05, 0.1) is 23.3 Å². The van der Waals surface area contributed by atoms with E-state index < -0.39 is 20.0 Å². The van der Waals surface area contributed by atoms with Crippen LogP contribution in [-0.2, 0) is 31.3 Å². The zero-order valence-corrected chi connectivity index (χ0v) is 17.9. The molecule has 0 aliphatic carbocycles. The highest BCUT2D eigenvalue weighted by atomic mass is 35.5. The van der Waals surface area contributed by atoms with E-state index in [9.17, 15) is 16.8 Å². The van der Waals surface area contributed by atoms with E-state index in [-0.39, 0.29) is 25.7 Å². The van der Waals surface area contributed by atoms with Crippen LogP contribution in [0.1, 0.15) is 4.88 Å². The van der Waals surface area contributed by atoms with E-state index in [4.69, 9.17) is 27.9 Å². The third kappa shape index (κ3) is 4.65. The predicted octanol–water partition coefficient (Wildman–Crippen LogP) is 2.55. The fraction of sp³-hybridized carbons (Fsp3) is 0.333. The first-order valence-corrected chi connectivity index (χ1v) is 12.3. The standard InChI is InChI=1S/C15H16Cl2N2O5S3/c16-12-2-1-3-13(15(12)17)26(20,21)18-10-11-4-5-14(25-11)27(22,23)19-6-8-24-9-7-19/h1-5,18H,6-10H2. The van der Waals surface area contributed by atoms with Crippen molar-refractivity contribution >= 4 is 54.6 Å². The number of hydrogen-bond donors (Lipinski definition) is 1. The minimum absolute atomic E-state index is 0.0610. The van der Waals surface area contributed by atoms with Gasteiger partial charge in [0.2, 0.25) is 10.0 Å². The van der Waals surface area contributed by atoms with Gasteiger partial charge in [0, 0.05) is 24.5 Å². The maximum absolute atomic E-state index is 12.6. The van der Waals surface area contributed by atoms with Crippen molar-refractivity contribution in [3.8, 4) is 0 Å². The van der Waals surface area contributed by atoms with Crippen molar-refractivity contribution in [2.45, 2.75) is 15.6 Å². The van der Waals surface area contributed by atoms with Crippen molar-refractivity contribution in [2.75, 3.05) is 26.3 Å². The number of halogens is 2. The molecule has 1 aromatic carbocycles. The van der Waals surface area contributed by atoms with Gasteiger partial charge >= 0.3 is 0 Å². The quantitative estimate of drug-likeness (QED) is 0.699. The number of nitrogens with one attached hydrogen (secondary N) is 1. The van der Waals surface area contributed by atoms with Gasteiger partial charge in [0.15, 0.2) is 0 Å². The van der Waals surface area contributed by atoms with Crippen LogP contribution in [0.4, 0.5) is 0 Å². The summed E-state index contributed by atoms with van der Waals surface area (Å²) in [5.74, 6) is 0. The van der Waals surface area contributed by atoms with Gasteiger partial charge in [0.25, 0.3) is 10.0 Å². The van der Waals surface area contributed by atoms with Crippen LogP contribution in [0.2, 0.25) is 10.0 Å². The molecule has 1 aromatic heterocycles. The number of rotatable bonds is 6. The van der Waals surface area contributed by atoms with Gasteiger partial charge in [0.1, 0.15) is 9.10 Å². The lowest BCUT2D eigenvalue weighted by atomic mass is 10.4. The first-order chi connectivity index (χ1) is 12.7. The molecule has 1 aliphatic rings. The van der Waals surface area contributed by atoms with Gasteiger partial charge in [-0.25, -0.2) is 21.6 Å². The fourth-order valence-corrected chi connectivity index (χ4v) is 7.16. The highest BCUT2D eigenvalue weighted by molar-refractivity contribution is 7.91. The molecule has 1 saturated heterocycles. The lowest BCUT2D eigenvalue weighted by Crippen LogP contribution is -2.40. The average Bonchev–Trinajstić information content (AvgIpc) is 3.13. The smallest absolute Gasteiger partial charge is 0.252 e. The molecule has 0 bridgehead atoms. The fourth-order valence-electron chi connectivity index (χ4n) is 2.44. The molecular formula is C15H16Cl2N2O5S3. The first-order valence-electron chi connectivity index (χ1n) is 7.82. The molecule has 0 saturated carbocycles. The van der Waals surface area contributed by atoms with E-state index in [0.717, 1.165) is 11.3 Å². The second-order valence-corrected chi connectivity index (χ2v) is 11.5. The van der Waals surface area contributed by atoms with Crippen LogP contribution >= 0.6 is 34.5 Å². The van der Waals surface area contributed by atoms with E-state index >= 15 is 0 Å². The van der Waals surface area contributed by atoms with Crippen molar-refractivity contribution in [1.29, 1.82) is 0 Å². The normalized spacial score (nSPS) is 16.5. The Hall–Kier alpha value is -0.720. The molecule has 0 atom stereocenters. The van der Waals surface area contributed by atoms with Crippen LogP contribution in [0.15, 0.2) is 39.4 Å². The predicted molar refractivity (Wildman–Crippen MR) is 104 cm³/mol. The van der Waals surface area contributed by atoms with Gasteiger partial charge < -0.3 is 4.74 Å². The lowest BCUT2D eigenvalue weighted by Gasteiger charge is -2.25. The summed E-state index contributed by atoms with van der Waals surface area (Å²) in [6, 6.07) is 7.39. The number of sulfonamides is 2. The number of benzene rings is 1. The molecule has 7 nitrogen and oxygen atoms in total. The molecule has 0 radical (unpaired) electrons. The summed E-state index contributed by atoms with van der Waals surface area (Å²) in [6.07, 6.45) is 0. The Morgan fingerprint density at radius 2 is 1.78 bits per heavy atom. The van der Waals surface area contributed by atoms with Crippen molar-refractivity contribution in [3.63, 3.8) is 0 Å². The maximum atomic E-state index is 12.6. The van der Waals surface area contributed by atoms with Crippen LogP contribution < -0.4 is 4.72 Å². The van der Waals surface area contributed by atoms with E-state index in [1.165, 1.54) is 28.6 Å². The van der Waals surface area contributed by atoms with Crippen LogP contribution in [0.5, 0.6) is 0 Å². The minimum atomic E-state index is -3.89. The molecule has 1 N–H and O–H groups in total. The molecule has 0 spiro atoms. The Kier molecular flexibility index (Phi) is 6.48. The molecule has 27 heavy (non-hydrogen) atoms. The molecular weight excluding hydrogens is 455 g/mol. The molecule has 2 heterocycles. The molecule has 0 amide bonds. The first kappa shape index (κ1) is 21.0. The Bertz CT molecular complexity index is 1030. The molecule has 12 heteroatoms. The zero-order chi connectivity index (χ0) is 19.7. The zero-order valence-electron chi connectivity index (χ0n) is 13.9. The highest BCUT2D eigenvalue weighted by Gasteiger charge is 2.28. The topological polar surface area (TPSA) is 92.8 Å². The number of thiophene rings is 1. The Morgan fingerprint density at radius 3 is 2.48 bits per heavy atom. The number of nitrogens with zero attached hydrogens (tertiary/aromatic N) is 1. The molecule has 2 aromatic rings. The molecule has 148 valence electrons. The van der Waals surface area contributed by atoms with Crippen LogP contribution in [-0.4, -0.2) is 47.4 Å². The summed E-state index contributed by atoms with van der Waals surface area (Å²) >= 11 is 12.8. The monoisotopic (exact) mass is 470 g/mol. The second kappa shape index (κ2) is 8.34. The van der Waals surface area contributed by atoms with E-state index in [1.807, 2.05) is 0 Å². The number of ether oxygens (including phenoxy) is 1. The van der Waals surface area contributed by atoms with Crippen molar-refractivity contribution in [2.24, 2.45) is 0 Å². The van der Waals surface area contributed by atoms with E-state index in [1.54, 1.807) is 6.07 Å². The summed E-state index contributed by atoms with van der Waals surface area (Å²) < 4.78 is 59.2. The van der Waals surface area contributed by atoms with Crippen LogP contribution in [0, 0.1) is 0 Å².